The molecule has 0 radical (unpaired) electrons. The van der Waals surface area contributed by atoms with Gasteiger partial charge in [-0.25, -0.2) is 4.39 Å². The summed E-state index contributed by atoms with van der Waals surface area (Å²) in [7, 11) is 0. The van der Waals surface area contributed by atoms with Gasteiger partial charge in [0.25, 0.3) is 0 Å². The Morgan fingerprint density at radius 2 is 2.27 bits per heavy atom. The normalized spacial score (nSPS) is 12.8. The van der Waals surface area contributed by atoms with Crippen molar-refractivity contribution in [1.82, 2.24) is 0 Å². The minimum Gasteiger partial charge on any atom is -0.327 e. The van der Waals surface area contributed by atoms with E-state index < -0.39 is 0 Å². The molecule has 0 spiro atoms. The summed E-state index contributed by atoms with van der Waals surface area (Å²) in [5.74, 6) is 0.669. The minimum atomic E-state index is -0.334. The quantitative estimate of drug-likeness (QED) is 0.865. The van der Waals surface area contributed by atoms with Gasteiger partial charge in [-0.15, -0.1) is 0 Å². The van der Waals surface area contributed by atoms with Gasteiger partial charge in [-0.2, -0.15) is 11.8 Å². The molecule has 0 saturated heterocycles. The molecule has 2 N–H and O–H groups in total. The van der Waals surface area contributed by atoms with Crippen LogP contribution in [-0.2, 0) is 6.42 Å². The van der Waals surface area contributed by atoms with Crippen LogP contribution in [0.5, 0.6) is 0 Å². The maximum atomic E-state index is 13.5. The fourth-order valence-electron chi connectivity index (χ4n) is 1.36. The van der Waals surface area contributed by atoms with Crippen LogP contribution in [0, 0.1) is 5.82 Å². The second-order valence-corrected chi connectivity index (χ2v) is 4.85. The Kier molecular flexibility index (Phi) is 5.43. The van der Waals surface area contributed by atoms with Crippen LogP contribution >= 0.6 is 23.4 Å². The van der Waals surface area contributed by atoms with Gasteiger partial charge in [-0.05, 0) is 36.5 Å². The second kappa shape index (κ2) is 6.36. The van der Waals surface area contributed by atoms with Crippen LogP contribution in [0.15, 0.2) is 18.2 Å². The molecule has 1 atom stereocenters. The average molecular weight is 248 g/mol. The number of hydrogen-bond acceptors (Lipinski definition) is 2. The Balaban J connectivity index is 2.60. The third-order valence-corrected chi connectivity index (χ3v) is 3.14. The second-order valence-electron chi connectivity index (χ2n) is 3.46. The van der Waals surface area contributed by atoms with Crippen molar-refractivity contribution in [3.8, 4) is 0 Å². The molecule has 0 aliphatic rings. The average Bonchev–Trinajstić information content (AvgIpc) is 2.22. The van der Waals surface area contributed by atoms with Crippen LogP contribution in [0.1, 0.15) is 12.0 Å². The first kappa shape index (κ1) is 12.8. The summed E-state index contributed by atoms with van der Waals surface area (Å²) < 4.78 is 13.5. The molecule has 0 aromatic heterocycles. The van der Waals surface area contributed by atoms with Gasteiger partial charge in [0.1, 0.15) is 5.82 Å². The first-order chi connectivity index (χ1) is 7.15. The van der Waals surface area contributed by atoms with E-state index in [4.69, 9.17) is 17.3 Å². The molecule has 1 rings (SSSR count). The lowest BCUT2D eigenvalue weighted by Crippen LogP contribution is -2.24. The van der Waals surface area contributed by atoms with Crippen molar-refractivity contribution in [2.75, 3.05) is 12.0 Å². The fraction of sp³-hybridized carbons (Fsp3) is 0.455. The SMILES string of the molecule is CSCCC(N)Cc1cccc(Cl)c1F. The number of thioether (sulfide) groups is 1. The van der Waals surface area contributed by atoms with Crippen LogP contribution in [-0.4, -0.2) is 18.1 Å². The van der Waals surface area contributed by atoms with E-state index in [9.17, 15) is 4.39 Å². The van der Waals surface area contributed by atoms with Crippen LogP contribution in [0.3, 0.4) is 0 Å². The van der Waals surface area contributed by atoms with Gasteiger partial charge in [0.05, 0.1) is 5.02 Å². The predicted molar refractivity (Wildman–Crippen MR) is 66.1 cm³/mol. The van der Waals surface area contributed by atoms with Gasteiger partial charge in [-0.1, -0.05) is 23.7 Å². The summed E-state index contributed by atoms with van der Waals surface area (Å²) in [5, 5.41) is 0.171. The van der Waals surface area contributed by atoms with Gasteiger partial charge in [0.2, 0.25) is 0 Å². The van der Waals surface area contributed by atoms with Gasteiger partial charge in [0.15, 0.2) is 0 Å². The molecule has 0 fully saturated rings. The molecule has 0 saturated carbocycles. The van der Waals surface area contributed by atoms with Crippen molar-refractivity contribution in [3.63, 3.8) is 0 Å². The van der Waals surface area contributed by atoms with Crippen molar-refractivity contribution in [3.05, 3.63) is 34.6 Å². The molecule has 4 heteroatoms. The summed E-state index contributed by atoms with van der Waals surface area (Å²) >= 11 is 7.43. The van der Waals surface area contributed by atoms with E-state index in [-0.39, 0.29) is 16.9 Å². The Hall–Kier alpha value is -0.250. The summed E-state index contributed by atoms with van der Waals surface area (Å²) in [6.07, 6.45) is 3.48. The number of rotatable bonds is 5. The highest BCUT2D eigenvalue weighted by Crippen LogP contribution is 2.19. The van der Waals surface area contributed by atoms with E-state index in [2.05, 4.69) is 0 Å². The molecule has 1 nitrogen and oxygen atoms in total. The molecule has 0 amide bonds. The maximum absolute atomic E-state index is 13.5. The van der Waals surface area contributed by atoms with Crippen molar-refractivity contribution >= 4 is 23.4 Å². The monoisotopic (exact) mass is 247 g/mol. The molecule has 15 heavy (non-hydrogen) atoms. The summed E-state index contributed by atoms with van der Waals surface area (Å²) in [5.41, 5.74) is 6.50. The molecule has 0 bridgehead atoms. The lowest BCUT2D eigenvalue weighted by molar-refractivity contribution is 0.581. The first-order valence-electron chi connectivity index (χ1n) is 4.82. The van der Waals surface area contributed by atoms with E-state index in [1.807, 2.05) is 6.26 Å². The number of hydrogen-bond donors (Lipinski definition) is 1. The number of benzene rings is 1. The largest absolute Gasteiger partial charge is 0.327 e. The van der Waals surface area contributed by atoms with Crippen molar-refractivity contribution in [1.29, 1.82) is 0 Å². The van der Waals surface area contributed by atoms with Gasteiger partial charge in [0, 0.05) is 6.04 Å². The smallest absolute Gasteiger partial charge is 0.145 e. The number of halogens is 2. The highest BCUT2D eigenvalue weighted by Gasteiger charge is 2.10. The maximum Gasteiger partial charge on any atom is 0.145 e. The molecule has 1 aromatic carbocycles. The molecular formula is C11H15ClFNS. The topological polar surface area (TPSA) is 26.0 Å². The molecule has 0 heterocycles. The zero-order chi connectivity index (χ0) is 11.3. The Morgan fingerprint density at radius 1 is 1.53 bits per heavy atom. The lowest BCUT2D eigenvalue weighted by Gasteiger charge is -2.11. The van der Waals surface area contributed by atoms with E-state index in [0.717, 1.165) is 12.2 Å². The summed E-state index contributed by atoms with van der Waals surface area (Å²) in [6, 6.07) is 5.04. The predicted octanol–water partition coefficient (Wildman–Crippen LogP) is 3.10. The minimum absolute atomic E-state index is 0.00502. The van der Waals surface area contributed by atoms with Crippen LogP contribution in [0.2, 0.25) is 5.02 Å². The van der Waals surface area contributed by atoms with Gasteiger partial charge in [-0.3, -0.25) is 0 Å². The zero-order valence-corrected chi connectivity index (χ0v) is 10.2. The third kappa shape index (κ3) is 4.01. The Morgan fingerprint density at radius 3 is 2.93 bits per heavy atom. The molecule has 1 aromatic rings. The van der Waals surface area contributed by atoms with E-state index in [1.165, 1.54) is 0 Å². The Bertz CT molecular complexity index is 319. The molecule has 0 aliphatic carbocycles. The van der Waals surface area contributed by atoms with E-state index >= 15 is 0 Å². The van der Waals surface area contributed by atoms with Crippen molar-refractivity contribution in [2.24, 2.45) is 5.73 Å². The third-order valence-electron chi connectivity index (χ3n) is 2.21. The fourth-order valence-corrected chi connectivity index (χ4v) is 2.09. The van der Waals surface area contributed by atoms with Gasteiger partial charge < -0.3 is 5.73 Å². The number of nitrogens with two attached hydrogens (primary N) is 1. The highest BCUT2D eigenvalue weighted by atomic mass is 35.5. The van der Waals surface area contributed by atoms with Gasteiger partial charge >= 0.3 is 0 Å². The first-order valence-corrected chi connectivity index (χ1v) is 6.59. The van der Waals surface area contributed by atoms with E-state index in [0.29, 0.717) is 12.0 Å². The Labute approximate surface area is 99.2 Å². The highest BCUT2D eigenvalue weighted by molar-refractivity contribution is 7.98. The molecular weight excluding hydrogens is 233 g/mol. The molecule has 1 unspecified atom stereocenters. The van der Waals surface area contributed by atoms with Crippen LogP contribution < -0.4 is 5.73 Å². The standard InChI is InChI=1S/C11H15ClFNS/c1-15-6-5-9(14)7-8-3-2-4-10(12)11(8)13/h2-4,9H,5-7,14H2,1H3. The van der Waals surface area contributed by atoms with Crippen molar-refractivity contribution < 1.29 is 4.39 Å². The van der Waals surface area contributed by atoms with E-state index in [1.54, 1.807) is 30.0 Å². The lowest BCUT2D eigenvalue weighted by atomic mass is 10.0. The molecule has 0 aliphatic heterocycles. The van der Waals surface area contributed by atoms with Crippen LogP contribution in [0.4, 0.5) is 4.39 Å². The zero-order valence-electron chi connectivity index (χ0n) is 8.67. The summed E-state index contributed by atoms with van der Waals surface area (Å²) in [6.45, 7) is 0. The molecule has 84 valence electrons. The van der Waals surface area contributed by atoms with Crippen LogP contribution in [0.25, 0.3) is 0 Å². The summed E-state index contributed by atoms with van der Waals surface area (Å²) in [4.78, 5) is 0. The van der Waals surface area contributed by atoms with Crippen molar-refractivity contribution in [2.45, 2.75) is 18.9 Å².